The summed E-state index contributed by atoms with van der Waals surface area (Å²) in [7, 11) is 3.13. The second-order valence-corrected chi connectivity index (χ2v) is 7.56. The van der Waals surface area contributed by atoms with Gasteiger partial charge in [-0.1, -0.05) is 23.5 Å². The molecule has 0 spiro atoms. The van der Waals surface area contributed by atoms with Gasteiger partial charge in [0.2, 0.25) is 0 Å². The third-order valence-corrected chi connectivity index (χ3v) is 5.65. The molecule has 4 rings (SSSR count). The van der Waals surface area contributed by atoms with E-state index in [0.717, 1.165) is 15.8 Å². The monoisotopic (exact) mass is 434 g/mol. The normalized spacial score (nSPS) is 11.1. The minimum Gasteiger partial charge on any atom is -0.497 e. The molecule has 0 aliphatic carbocycles. The Morgan fingerprint density at radius 2 is 1.81 bits per heavy atom. The van der Waals surface area contributed by atoms with Gasteiger partial charge in [0.15, 0.2) is 5.13 Å². The van der Waals surface area contributed by atoms with Crippen molar-refractivity contribution in [2.24, 2.45) is 0 Å². The van der Waals surface area contributed by atoms with Crippen LogP contribution in [0.2, 0.25) is 0 Å². The average Bonchev–Trinajstić information content (AvgIpc) is 3.22. The quantitative estimate of drug-likeness (QED) is 0.358. The third kappa shape index (κ3) is 4.41. The zero-order valence-electron chi connectivity index (χ0n) is 16.9. The standard InChI is InChI=1S/C24H19FN2O3S/c1-29-19-13-7-16(21(15-19)30-2)8-14-23(28)27(18-11-9-17(25)10-12-18)24-26-20-5-3-4-6-22(20)31-24/h3-15H,1-2H3. The van der Waals surface area contributed by atoms with Crippen LogP contribution in [0, 0.1) is 5.82 Å². The maximum absolute atomic E-state index is 13.5. The first-order valence-corrected chi connectivity index (χ1v) is 10.3. The van der Waals surface area contributed by atoms with Crippen molar-refractivity contribution >= 4 is 44.4 Å². The van der Waals surface area contributed by atoms with Crippen LogP contribution in [0.25, 0.3) is 16.3 Å². The molecule has 1 heterocycles. The van der Waals surface area contributed by atoms with E-state index in [1.807, 2.05) is 24.3 Å². The van der Waals surface area contributed by atoms with Gasteiger partial charge in [-0.25, -0.2) is 9.37 Å². The van der Waals surface area contributed by atoms with Gasteiger partial charge >= 0.3 is 0 Å². The molecular weight excluding hydrogens is 415 g/mol. The summed E-state index contributed by atoms with van der Waals surface area (Å²) in [6, 6.07) is 18.7. The number of fused-ring (bicyclic) bond motifs is 1. The molecule has 0 fully saturated rings. The molecule has 7 heteroatoms. The van der Waals surface area contributed by atoms with E-state index in [9.17, 15) is 9.18 Å². The van der Waals surface area contributed by atoms with Crippen molar-refractivity contribution in [2.45, 2.75) is 0 Å². The van der Waals surface area contributed by atoms with E-state index in [1.54, 1.807) is 50.6 Å². The number of amides is 1. The number of ether oxygens (including phenoxy) is 2. The van der Waals surface area contributed by atoms with Crippen molar-refractivity contribution in [3.05, 3.63) is 84.2 Å². The molecule has 0 aliphatic rings. The number of anilines is 2. The number of halogens is 1. The van der Waals surface area contributed by atoms with E-state index >= 15 is 0 Å². The fourth-order valence-corrected chi connectivity index (χ4v) is 4.06. The molecule has 0 aliphatic heterocycles. The van der Waals surface area contributed by atoms with E-state index in [2.05, 4.69) is 4.98 Å². The molecule has 4 aromatic rings. The lowest BCUT2D eigenvalue weighted by atomic mass is 10.1. The molecule has 0 atom stereocenters. The highest BCUT2D eigenvalue weighted by molar-refractivity contribution is 7.22. The number of nitrogens with zero attached hydrogens (tertiary/aromatic N) is 2. The van der Waals surface area contributed by atoms with Gasteiger partial charge in [-0.05, 0) is 54.6 Å². The summed E-state index contributed by atoms with van der Waals surface area (Å²) in [6.07, 6.45) is 3.12. The number of carbonyl (C=O) groups is 1. The van der Waals surface area contributed by atoms with Crippen molar-refractivity contribution in [1.82, 2.24) is 4.98 Å². The molecule has 0 N–H and O–H groups in total. The van der Waals surface area contributed by atoms with Crippen LogP contribution >= 0.6 is 11.3 Å². The van der Waals surface area contributed by atoms with Gasteiger partial charge in [0.05, 0.1) is 30.1 Å². The van der Waals surface area contributed by atoms with Crippen molar-refractivity contribution in [3.63, 3.8) is 0 Å². The van der Waals surface area contributed by atoms with Crippen molar-refractivity contribution in [3.8, 4) is 11.5 Å². The smallest absolute Gasteiger partial charge is 0.257 e. The predicted octanol–water partition coefficient (Wildman–Crippen LogP) is 5.83. The molecule has 5 nitrogen and oxygen atoms in total. The summed E-state index contributed by atoms with van der Waals surface area (Å²) in [5, 5.41) is 0.504. The fourth-order valence-electron chi connectivity index (χ4n) is 3.07. The van der Waals surface area contributed by atoms with Crippen molar-refractivity contribution in [1.29, 1.82) is 0 Å². The van der Waals surface area contributed by atoms with Gasteiger partial charge in [0.25, 0.3) is 5.91 Å². The molecular formula is C24H19FN2O3S. The molecule has 0 radical (unpaired) electrons. The summed E-state index contributed by atoms with van der Waals surface area (Å²) in [5.41, 5.74) is 2.04. The highest BCUT2D eigenvalue weighted by atomic mass is 32.1. The molecule has 31 heavy (non-hydrogen) atoms. The highest BCUT2D eigenvalue weighted by Crippen LogP contribution is 2.34. The molecule has 1 amide bonds. The predicted molar refractivity (Wildman–Crippen MR) is 122 cm³/mol. The number of rotatable bonds is 6. The maximum atomic E-state index is 13.5. The summed E-state index contributed by atoms with van der Waals surface area (Å²) in [6.45, 7) is 0. The Kier molecular flexibility index (Phi) is 5.95. The van der Waals surface area contributed by atoms with Crippen LogP contribution in [0.15, 0.2) is 72.8 Å². The van der Waals surface area contributed by atoms with E-state index in [4.69, 9.17) is 9.47 Å². The molecule has 0 unspecified atom stereocenters. The lowest BCUT2D eigenvalue weighted by molar-refractivity contribution is -0.113. The minimum absolute atomic E-state index is 0.316. The first-order chi connectivity index (χ1) is 15.1. The van der Waals surface area contributed by atoms with Crippen LogP contribution in [0.1, 0.15) is 5.56 Å². The molecule has 0 saturated carbocycles. The first kappa shape index (κ1) is 20.6. The van der Waals surface area contributed by atoms with E-state index < -0.39 is 0 Å². The van der Waals surface area contributed by atoms with Gasteiger partial charge in [0, 0.05) is 17.7 Å². The van der Waals surface area contributed by atoms with Crippen molar-refractivity contribution < 1.29 is 18.7 Å². The van der Waals surface area contributed by atoms with Crippen LogP contribution in [-0.2, 0) is 4.79 Å². The summed E-state index contributed by atoms with van der Waals surface area (Å²) >= 11 is 1.39. The van der Waals surface area contributed by atoms with Gasteiger partial charge in [-0.3, -0.25) is 9.69 Å². The number of thiazole rings is 1. The SMILES string of the molecule is COc1ccc(C=CC(=O)N(c2ccc(F)cc2)c2nc3ccccc3s2)c(OC)c1. The van der Waals surface area contributed by atoms with Gasteiger partial charge in [-0.15, -0.1) is 0 Å². The Morgan fingerprint density at radius 1 is 1.03 bits per heavy atom. The van der Waals surface area contributed by atoms with Crippen molar-refractivity contribution in [2.75, 3.05) is 19.1 Å². The van der Waals surface area contributed by atoms with Gasteiger partial charge < -0.3 is 9.47 Å². The van der Waals surface area contributed by atoms with E-state index in [-0.39, 0.29) is 11.7 Å². The highest BCUT2D eigenvalue weighted by Gasteiger charge is 2.20. The van der Waals surface area contributed by atoms with Crippen LogP contribution in [0.4, 0.5) is 15.2 Å². The lowest BCUT2D eigenvalue weighted by Gasteiger charge is -2.18. The fraction of sp³-hybridized carbons (Fsp3) is 0.0833. The van der Waals surface area contributed by atoms with E-state index in [1.165, 1.54) is 34.4 Å². The largest absolute Gasteiger partial charge is 0.497 e. The maximum Gasteiger partial charge on any atom is 0.257 e. The Hall–Kier alpha value is -3.71. The Balaban J connectivity index is 1.72. The number of para-hydroxylation sites is 1. The number of carbonyl (C=O) groups excluding carboxylic acids is 1. The second-order valence-electron chi connectivity index (χ2n) is 6.56. The summed E-state index contributed by atoms with van der Waals surface area (Å²) in [5.74, 6) is 0.543. The second kappa shape index (κ2) is 8.97. The number of methoxy groups -OCH3 is 2. The zero-order valence-corrected chi connectivity index (χ0v) is 17.7. The zero-order chi connectivity index (χ0) is 21.8. The number of aromatic nitrogens is 1. The van der Waals surface area contributed by atoms with Crippen LogP contribution in [0.3, 0.4) is 0 Å². The minimum atomic E-state index is -0.376. The molecule has 1 aromatic heterocycles. The Morgan fingerprint density at radius 3 is 2.52 bits per heavy atom. The molecule has 156 valence electrons. The third-order valence-electron chi connectivity index (χ3n) is 4.63. The summed E-state index contributed by atoms with van der Waals surface area (Å²) in [4.78, 5) is 19.3. The Bertz CT molecular complexity index is 1220. The first-order valence-electron chi connectivity index (χ1n) is 9.44. The van der Waals surface area contributed by atoms with E-state index in [0.29, 0.717) is 22.3 Å². The van der Waals surface area contributed by atoms with Crippen LogP contribution < -0.4 is 14.4 Å². The Labute approximate surface area is 183 Å². The van der Waals surface area contributed by atoms with Gasteiger partial charge in [0.1, 0.15) is 17.3 Å². The number of hydrogen-bond acceptors (Lipinski definition) is 5. The van der Waals surface area contributed by atoms with Crippen LogP contribution in [0.5, 0.6) is 11.5 Å². The topological polar surface area (TPSA) is 51.7 Å². The molecule has 0 bridgehead atoms. The lowest BCUT2D eigenvalue weighted by Crippen LogP contribution is -2.23. The molecule has 0 saturated heterocycles. The van der Waals surface area contributed by atoms with Gasteiger partial charge in [-0.2, -0.15) is 0 Å². The summed E-state index contributed by atoms with van der Waals surface area (Å²) < 4.78 is 25.0. The van der Waals surface area contributed by atoms with Crippen LogP contribution in [-0.4, -0.2) is 25.1 Å². The number of benzene rings is 3. The average molecular weight is 434 g/mol. The molecule has 3 aromatic carbocycles. The number of hydrogen-bond donors (Lipinski definition) is 0.